The van der Waals surface area contributed by atoms with Gasteiger partial charge in [-0.2, -0.15) is 4.31 Å². The Morgan fingerprint density at radius 1 is 1.30 bits per heavy atom. The van der Waals surface area contributed by atoms with E-state index in [-0.39, 0.29) is 22.6 Å². The lowest BCUT2D eigenvalue weighted by atomic mass is 9.94. The number of piperidine rings is 1. The fourth-order valence-electron chi connectivity index (χ4n) is 2.77. The molecule has 0 aromatic heterocycles. The third kappa shape index (κ3) is 3.15. The summed E-state index contributed by atoms with van der Waals surface area (Å²) in [4.78, 5) is -0.267. The molecule has 2 atom stereocenters. The molecule has 0 aliphatic carbocycles. The molecule has 1 aromatic carbocycles. The SMILES string of the molecule is CC1CC(C)CN(S(=O)(=O)c2cc(CCl)ccc2F)C1. The first-order chi connectivity index (χ1) is 9.34. The van der Waals surface area contributed by atoms with Crippen LogP contribution in [0.3, 0.4) is 0 Å². The van der Waals surface area contributed by atoms with Crippen molar-refractivity contribution in [1.29, 1.82) is 0 Å². The Hall–Kier alpha value is -0.650. The second-order valence-corrected chi connectivity index (χ2v) is 7.84. The zero-order valence-corrected chi connectivity index (χ0v) is 13.2. The normalized spacial score (nSPS) is 24.8. The average molecular weight is 320 g/mol. The second-order valence-electron chi connectivity index (χ2n) is 5.67. The highest BCUT2D eigenvalue weighted by Gasteiger charge is 2.33. The third-order valence-electron chi connectivity index (χ3n) is 3.60. The van der Waals surface area contributed by atoms with Crippen LogP contribution >= 0.6 is 11.6 Å². The molecule has 20 heavy (non-hydrogen) atoms. The smallest absolute Gasteiger partial charge is 0.207 e. The van der Waals surface area contributed by atoms with Gasteiger partial charge in [0.1, 0.15) is 10.7 Å². The molecule has 1 heterocycles. The summed E-state index contributed by atoms with van der Waals surface area (Å²) in [6.45, 7) is 4.92. The molecule has 112 valence electrons. The summed E-state index contributed by atoms with van der Waals surface area (Å²) < 4.78 is 40.5. The van der Waals surface area contributed by atoms with E-state index in [2.05, 4.69) is 0 Å². The zero-order chi connectivity index (χ0) is 14.9. The summed E-state index contributed by atoms with van der Waals surface area (Å²) in [6, 6.07) is 4.01. The van der Waals surface area contributed by atoms with Crippen LogP contribution < -0.4 is 0 Å². The molecule has 0 radical (unpaired) electrons. The van der Waals surface area contributed by atoms with Crippen LogP contribution in [0.2, 0.25) is 0 Å². The average Bonchev–Trinajstić information content (AvgIpc) is 2.38. The molecule has 2 unspecified atom stereocenters. The highest BCUT2D eigenvalue weighted by Crippen LogP contribution is 2.28. The lowest BCUT2D eigenvalue weighted by molar-refractivity contribution is 0.222. The van der Waals surface area contributed by atoms with E-state index in [1.54, 1.807) is 0 Å². The molecule has 1 fully saturated rings. The summed E-state index contributed by atoms with van der Waals surface area (Å²) in [6.07, 6.45) is 0.996. The predicted octanol–water partition coefficient (Wildman–Crippen LogP) is 3.23. The fourth-order valence-corrected chi connectivity index (χ4v) is 4.73. The maximum Gasteiger partial charge on any atom is 0.246 e. The Labute approximate surface area is 124 Å². The molecule has 0 N–H and O–H groups in total. The highest BCUT2D eigenvalue weighted by molar-refractivity contribution is 7.89. The lowest BCUT2D eigenvalue weighted by Crippen LogP contribution is -2.42. The van der Waals surface area contributed by atoms with E-state index in [9.17, 15) is 12.8 Å². The lowest BCUT2D eigenvalue weighted by Gasteiger charge is -2.34. The summed E-state index contributed by atoms with van der Waals surface area (Å²) in [5.74, 6) is 0.0145. The third-order valence-corrected chi connectivity index (χ3v) is 5.76. The first-order valence-corrected chi connectivity index (χ1v) is 8.66. The van der Waals surface area contributed by atoms with E-state index in [1.165, 1.54) is 22.5 Å². The number of hydrogen-bond donors (Lipinski definition) is 0. The molecule has 2 rings (SSSR count). The van der Waals surface area contributed by atoms with Crippen molar-refractivity contribution in [3.05, 3.63) is 29.6 Å². The first kappa shape index (κ1) is 15.7. The largest absolute Gasteiger partial charge is 0.246 e. The van der Waals surface area contributed by atoms with E-state index in [1.807, 2.05) is 13.8 Å². The van der Waals surface area contributed by atoms with Crippen molar-refractivity contribution in [2.75, 3.05) is 13.1 Å². The summed E-state index contributed by atoms with van der Waals surface area (Å²) in [5, 5.41) is 0. The Kier molecular flexibility index (Phi) is 4.72. The quantitative estimate of drug-likeness (QED) is 0.802. The number of nitrogens with zero attached hydrogens (tertiary/aromatic N) is 1. The molecule has 1 aliphatic rings. The number of rotatable bonds is 3. The van der Waals surface area contributed by atoms with Gasteiger partial charge in [0.25, 0.3) is 0 Å². The standard InChI is InChI=1S/C14H19ClFNO2S/c1-10-5-11(2)9-17(8-10)20(18,19)14-6-12(7-15)3-4-13(14)16/h3-4,6,10-11H,5,7-9H2,1-2H3. The molecule has 0 spiro atoms. The van der Waals surface area contributed by atoms with Gasteiger partial charge in [0.05, 0.1) is 0 Å². The van der Waals surface area contributed by atoms with Gasteiger partial charge in [-0.15, -0.1) is 11.6 Å². The van der Waals surface area contributed by atoms with Gasteiger partial charge >= 0.3 is 0 Å². The summed E-state index contributed by atoms with van der Waals surface area (Å²) in [5.41, 5.74) is 0.602. The topological polar surface area (TPSA) is 37.4 Å². The van der Waals surface area contributed by atoms with E-state index in [0.717, 1.165) is 6.42 Å². The Morgan fingerprint density at radius 3 is 2.45 bits per heavy atom. The number of alkyl halides is 1. The van der Waals surface area contributed by atoms with Crippen molar-refractivity contribution in [3.8, 4) is 0 Å². The number of benzene rings is 1. The first-order valence-electron chi connectivity index (χ1n) is 6.69. The molecular formula is C14H19ClFNO2S. The maximum atomic E-state index is 13.9. The number of halogens is 2. The maximum absolute atomic E-state index is 13.9. The van der Waals surface area contributed by atoms with E-state index in [0.29, 0.717) is 18.7 Å². The molecule has 0 bridgehead atoms. The van der Waals surface area contributed by atoms with Gasteiger partial charge in [-0.1, -0.05) is 19.9 Å². The van der Waals surface area contributed by atoms with E-state index in [4.69, 9.17) is 11.6 Å². The fraction of sp³-hybridized carbons (Fsp3) is 0.571. The van der Waals surface area contributed by atoms with Crippen LogP contribution in [-0.4, -0.2) is 25.8 Å². The van der Waals surface area contributed by atoms with Gasteiger partial charge < -0.3 is 0 Å². The van der Waals surface area contributed by atoms with Crippen LogP contribution in [0.15, 0.2) is 23.1 Å². The van der Waals surface area contributed by atoms with Crippen LogP contribution in [0.5, 0.6) is 0 Å². The molecule has 1 saturated heterocycles. The van der Waals surface area contributed by atoms with Gasteiger partial charge in [0.2, 0.25) is 10.0 Å². The van der Waals surface area contributed by atoms with Crippen molar-refractivity contribution >= 4 is 21.6 Å². The number of hydrogen-bond acceptors (Lipinski definition) is 2. The molecular weight excluding hydrogens is 301 g/mol. The minimum Gasteiger partial charge on any atom is -0.207 e. The Bertz CT molecular complexity index is 581. The van der Waals surface area contributed by atoms with Crippen molar-refractivity contribution in [1.82, 2.24) is 4.31 Å². The molecule has 1 aromatic rings. The Balaban J connectivity index is 2.39. The monoisotopic (exact) mass is 319 g/mol. The van der Waals surface area contributed by atoms with Crippen LogP contribution in [0, 0.1) is 17.7 Å². The highest BCUT2D eigenvalue weighted by atomic mass is 35.5. The molecule has 6 heteroatoms. The minimum atomic E-state index is -3.79. The van der Waals surface area contributed by atoms with E-state index < -0.39 is 15.8 Å². The molecule has 0 amide bonds. The van der Waals surface area contributed by atoms with Crippen molar-refractivity contribution < 1.29 is 12.8 Å². The van der Waals surface area contributed by atoms with Crippen LogP contribution in [0.1, 0.15) is 25.8 Å². The van der Waals surface area contributed by atoms with Crippen molar-refractivity contribution in [2.45, 2.75) is 31.0 Å². The van der Waals surface area contributed by atoms with E-state index >= 15 is 0 Å². The van der Waals surface area contributed by atoms with Gasteiger partial charge in [0.15, 0.2) is 0 Å². The summed E-state index contributed by atoms with van der Waals surface area (Å²) in [7, 11) is -3.79. The van der Waals surface area contributed by atoms with Crippen LogP contribution in [0.25, 0.3) is 0 Å². The molecule has 3 nitrogen and oxygen atoms in total. The summed E-state index contributed by atoms with van der Waals surface area (Å²) >= 11 is 5.70. The zero-order valence-electron chi connectivity index (χ0n) is 11.6. The van der Waals surface area contributed by atoms with Gasteiger partial charge in [-0.05, 0) is 36.0 Å². The van der Waals surface area contributed by atoms with Crippen molar-refractivity contribution in [3.63, 3.8) is 0 Å². The predicted molar refractivity (Wildman–Crippen MR) is 77.7 cm³/mol. The van der Waals surface area contributed by atoms with Gasteiger partial charge in [0, 0.05) is 19.0 Å². The van der Waals surface area contributed by atoms with Gasteiger partial charge in [-0.25, -0.2) is 12.8 Å². The van der Waals surface area contributed by atoms with Crippen molar-refractivity contribution in [2.24, 2.45) is 11.8 Å². The van der Waals surface area contributed by atoms with Crippen LogP contribution in [0.4, 0.5) is 4.39 Å². The molecule has 0 saturated carbocycles. The number of sulfonamides is 1. The van der Waals surface area contributed by atoms with Gasteiger partial charge in [-0.3, -0.25) is 0 Å². The molecule has 1 aliphatic heterocycles. The second kappa shape index (κ2) is 6.00. The Morgan fingerprint density at radius 2 is 1.90 bits per heavy atom. The van der Waals surface area contributed by atoms with Crippen LogP contribution in [-0.2, 0) is 15.9 Å². The minimum absolute atomic E-state index is 0.162.